The molecule has 1 fully saturated rings. The lowest BCUT2D eigenvalue weighted by molar-refractivity contribution is -0.123. The van der Waals surface area contributed by atoms with Gasteiger partial charge in [0.25, 0.3) is 12.3 Å². The van der Waals surface area contributed by atoms with E-state index in [-0.39, 0.29) is 41.2 Å². The number of carbonyl (C=O) groups is 1. The van der Waals surface area contributed by atoms with Crippen LogP contribution >= 0.6 is 0 Å². The Hall–Kier alpha value is -5.41. The summed E-state index contributed by atoms with van der Waals surface area (Å²) in [5.74, 6) is -2.77. The van der Waals surface area contributed by atoms with Gasteiger partial charge in [-0.25, -0.2) is 31.0 Å². The molecule has 294 valence electrons. The summed E-state index contributed by atoms with van der Waals surface area (Å²) in [6, 6.07) is 8.00. The lowest BCUT2D eigenvalue weighted by Crippen LogP contribution is -2.35. The minimum atomic E-state index is -3.77. The summed E-state index contributed by atoms with van der Waals surface area (Å²) in [7, 11) is -2.19. The molecule has 7 rings (SSSR count). The van der Waals surface area contributed by atoms with Crippen molar-refractivity contribution in [3.8, 4) is 23.0 Å². The smallest absolute Gasteiger partial charge is 0.293 e. The number of fused-ring (bicyclic) bond motifs is 4. The highest BCUT2D eigenvalue weighted by molar-refractivity contribution is 7.92. The topological polar surface area (TPSA) is 144 Å². The Bertz CT molecular complexity index is 2590. The van der Waals surface area contributed by atoms with Crippen molar-refractivity contribution in [2.45, 2.75) is 70.1 Å². The Morgan fingerprint density at radius 1 is 1.07 bits per heavy atom. The van der Waals surface area contributed by atoms with Gasteiger partial charge in [0, 0.05) is 41.1 Å². The summed E-state index contributed by atoms with van der Waals surface area (Å²) in [6.07, 6.45) is -2.48. The number of hydrogen-bond acceptors (Lipinski definition) is 7. The third kappa shape index (κ3) is 7.44. The lowest BCUT2D eigenvalue weighted by Gasteiger charge is -2.23. The van der Waals surface area contributed by atoms with Gasteiger partial charge in [-0.05, 0) is 80.8 Å². The van der Waals surface area contributed by atoms with E-state index in [9.17, 15) is 35.9 Å². The van der Waals surface area contributed by atoms with E-state index in [0.29, 0.717) is 38.3 Å². The highest BCUT2D eigenvalue weighted by Gasteiger charge is 2.67. The Labute approximate surface area is 317 Å². The quantitative estimate of drug-likeness (QED) is 0.114. The number of pyridine rings is 1. The normalized spacial score (nSPS) is 17.7. The maximum absolute atomic E-state index is 15.4. The summed E-state index contributed by atoms with van der Waals surface area (Å²) in [6.45, 7) is 3.74. The predicted molar refractivity (Wildman–Crippen MR) is 193 cm³/mol. The molecule has 5 aromatic rings. The first-order valence-electron chi connectivity index (χ1n) is 17.3. The summed E-state index contributed by atoms with van der Waals surface area (Å²) in [5, 5.41) is 21.6. The van der Waals surface area contributed by atoms with Crippen molar-refractivity contribution >= 4 is 32.7 Å². The molecule has 3 atom stereocenters. The summed E-state index contributed by atoms with van der Waals surface area (Å²) >= 11 is 0. The molecule has 2 aliphatic carbocycles. The van der Waals surface area contributed by atoms with E-state index in [1.54, 1.807) is 32.2 Å². The van der Waals surface area contributed by atoms with Gasteiger partial charge >= 0.3 is 0 Å². The number of alkyl halides is 4. The number of aryl methyl sites for hydroxylation is 2. The number of aromatic nitrogens is 5. The molecular weight excluding hydrogens is 765 g/mol. The van der Waals surface area contributed by atoms with Gasteiger partial charge in [-0.15, -0.1) is 0 Å². The van der Waals surface area contributed by atoms with Crippen LogP contribution in [0.5, 0.6) is 0 Å². The maximum Gasteiger partial charge on any atom is 0.293 e. The molecule has 3 heterocycles. The van der Waals surface area contributed by atoms with Crippen molar-refractivity contribution < 1.29 is 44.7 Å². The number of carbonyl (C=O) groups excluding carboxylic acids is 1. The molecule has 3 N–H and O–H groups in total. The molecule has 0 saturated heterocycles. The number of anilines is 1. The largest absolute Gasteiger partial charge is 0.378 e. The molecule has 0 radical (unpaired) electrons. The molecule has 2 aliphatic rings. The van der Waals surface area contributed by atoms with Crippen LogP contribution in [0.25, 0.3) is 22.0 Å². The van der Waals surface area contributed by atoms with Gasteiger partial charge in [0.05, 0.1) is 23.5 Å². The highest BCUT2D eigenvalue weighted by atomic mass is 32.2. The first kappa shape index (κ1) is 38.8. The van der Waals surface area contributed by atoms with Crippen molar-refractivity contribution in [1.82, 2.24) is 29.9 Å². The molecular formula is C38H35F6N7O4S. The SMILES string of the molecule is Cc1ccc(-c2ccc(C#CC(C)(C)O)nc2C(Cc2cc(F)cc(F)c2)NC(=O)Cn2nc(C(F)F)c3c2C(F)(F)C2CC32)c2c1c(NS(C)(=O)=O)nn2C. The van der Waals surface area contributed by atoms with E-state index in [4.69, 9.17) is 4.98 Å². The van der Waals surface area contributed by atoms with Crippen LogP contribution < -0.4 is 10.0 Å². The van der Waals surface area contributed by atoms with Crippen molar-refractivity contribution in [2.24, 2.45) is 13.0 Å². The molecule has 2 aromatic carbocycles. The third-order valence-corrected chi connectivity index (χ3v) is 10.2. The average molecular weight is 800 g/mol. The fourth-order valence-corrected chi connectivity index (χ4v) is 7.92. The highest BCUT2D eigenvalue weighted by Crippen LogP contribution is 2.68. The molecule has 3 aromatic heterocycles. The van der Waals surface area contributed by atoms with Crippen LogP contribution in [0.1, 0.15) is 78.1 Å². The van der Waals surface area contributed by atoms with E-state index in [2.05, 4.69) is 32.1 Å². The molecule has 0 spiro atoms. The van der Waals surface area contributed by atoms with E-state index in [1.165, 1.54) is 24.6 Å². The monoisotopic (exact) mass is 799 g/mol. The summed E-state index contributed by atoms with van der Waals surface area (Å²) in [4.78, 5) is 18.7. The zero-order valence-corrected chi connectivity index (χ0v) is 31.4. The number of nitrogens with zero attached hydrogens (tertiary/aromatic N) is 5. The van der Waals surface area contributed by atoms with Gasteiger partial charge in [0.1, 0.15) is 40.9 Å². The third-order valence-electron chi connectivity index (χ3n) is 9.68. The Morgan fingerprint density at radius 2 is 1.75 bits per heavy atom. The predicted octanol–water partition coefficient (Wildman–Crippen LogP) is 6.16. The molecule has 56 heavy (non-hydrogen) atoms. The second-order valence-electron chi connectivity index (χ2n) is 14.7. The number of hydrogen-bond donors (Lipinski definition) is 3. The molecule has 3 unspecified atom stereocenters. The van der Waals surface area contributed by atoms with E-state index in [0.717, 1.165) is 18.4 Å². The number of aliphatic hydroxyl groups is 1. The zero-order valence-electron chi connectivity index (χ0n) is 30.6. The van der Waals surface area contributed by atoms with Crippen LogP contribution in [0.4, 0.5) is 32.2 Å². The Morgan fingerprint density at radius 3 is 2.39 bits per heavy atom. The van der Waals surface area contributed by atoms with E-state index >= 15 is 8.78 Å². The van der Waals surface area contributed by atoms with Crippen molar-refractivity contribution in [3.05, 3.63) is 93.6 Å². The number of benzene rings is 2. The second-order valence-corrected chi connectivity index (χ2v) is 16.5. The fraction of sp³-hybridized carbons (Fsp3) is 0.368. The van der Waals surface area contributed by atoms with Gasteiger partial charge < -0.3 is 10.4 Å². The Kier molecular flexibility index (Phi) is 9.47. The molecule has 1 amide bonds. The van der Waals surface area contributed by atoms with Crippen molar-refractivity contribution in [2.75, 3.05) is 11.0 Å². The van der Waals surface area contributed by atoms with Crippen LogP contribution in [0.2, 0.25) is 0 Å². The minimum absolute atomic E-state index is 0.0276. The fourth-order valence-electron chi connectivity index (χ4n) is 7.43. The second kappa shape index (κ2) is 13.7. The minimum Gasteiger partial charge on any atom is -0.378 e. The van der Waals surface area contributed by atoms with E-state index < -0.39 is 81.3 Å². The van der Waals surface area contributed by atoms with Crippen LogP contribution in [0, 0.1) is 36.3 Å². The van der Waals surface area contributed by atoms with Crippen molar-refractivity contribution in [3.63, 3.8) is 0 Å². The number of halogens is 6. The van der Waals surface area contributed by atoms with Crippen LogP contribution in [0.15, 0.2) is 42.5 Å². The van der Waals surface area contributed by atoms with Crippen LogP contribution in [0.3, 0.4) is 0 Å². The first-order valence-corrected chi connectivity index (χ1v) is 19.2. The van der Waals surface area contributed by atoms with Crippen LogP contribution in [-0.2, 0) is 40.8 Å². The van der Waals surface area contributed by atoms with Gasteiger partial charge in [0.2, 0.25) is 15.9 Å². The average Bonchev–Trinajstić information content (AvgIpc) is 3.62. The van der Waals surface area contributed by atoms with Gasteiger partial charge in [-0.3, -0.25) is 18.9 Å². The molecule has 0 bridgehead atoms. The number of rotatable bonds is 10. The Balaban J connectivity index is 1.39. The van der Waals surface area contributed by atoms with Gasteiger partial charge in [0.15, 0.2) is 5.82 Å². The summed E-state index contributed by atoms with van der Waals surface area (Å²) < 4.78 is 117. The molecule has 11 nitrogen and oxygen atoms in total. The molecule has 0 aliphatic heterocycles. The number of nitrogens with one attached hydrogen (secondary N) is 2. The zero-order chi connectivity index (χ0) is 40.6. The standard InChI is InChI=1S/C38H35F6N7O4S/c1-18-6-8-24(33-29(18)36(48-50(33)4)49-56(5,54)55)23-9-7-22(10-11-37(2,3)53)45-31(23)27(14-19-12-20(39)15-21(40)13-19)46-28(52)17-51-34-30(32(47-51)35(41)42)25-16-26(25)38(34,43)44/h6-9,12-13,15,25-27,35,53H,14,16-17H2,1-5H3,(H,46,52)(H,48,49). The van der Waals surface area contributed by atoms with E-state index in [1.807, 2.05) is 0 Å². The van der Waals surface area contributed by atoms with Gasteiger partial charge in [-0.1, -0.05) is 18.1 Å². The molecule has 1 saturated carbocycles. The van der Waals surface area contributed by atoms with Crippen LogP contribution in [-0.4, -0.2) is 55.8 Å². The number of amides is 1. The maximum atomic E-state index is 15.4. The molecule has 18 heteroatoms. The summed E-state index contributed by atoms with van der Waals surface area (Å²) in [5.41, 5.74) is -1.17. The van der Waals surface area contributed by atoms with Gasteiger partial charge in [-0.2, -0.15) is 19.0 Å². The lowest BCUT2D eigenvalue weighted by atomic mass is 9.93. The number of sulfonamides is 1. The van der Waals surface area contributed by atoms with Crippen molar-refractivity contribution in [1.29, 1.82) is 0 Å². The first-order chi connectivity index (χ1) is 26.1.